The molecule has 1 amide bonds. The lowest BCUT2D eigenvalue weighted by molar-refractivity contribution is -0.154. The standard InChI is InChI=1S/C13H18F3N3O2/c1-2-3-10(17)12(20)19-7-9-4-5-18-11(6-9)21-8-13(14,15)16/h4-6,10H,2-3,7-8,17H2,1H3,(H,19,20). The normalized spacial score (nSPS) is 12.8. The third-order valence-electron chi connectivity index (χ3n) is 2.59. The SMILES string of the molecule is CCCC(N)C(=O)NCc1ccnc(OCC(F)(F)F)c1. The lowest BCUT2D eigenvalue weighted by Gasteiger charge is -2.12. The Morgan fingerprint density at radius 1 is 1.52 bits per heavy atom. The fourth-order valence-corrected chi connectivity index (χ4v) is 1.56. The van der Waals surface area contributed by atoms with Crippen LogP contribution in [0.3, 0.4) is 0 Å². The van der Waals surface area contributed by atoms with Gasteiger partial charge in [0.25, 0.3) is 0 Å². The maximum absolute atomic E-state index is 12.0. The summed E-state index contributed by atoms with van der Waals surface area (Å²) in [5.74, 6) is -0.441. The molecule has 1 atom stereocenters. The van der Waals surface area contributed by atoms with Gasteiger partial charge in [0.05, 0.1) is 6.04 Å². The Bertz CT molecular complexity index is 466. The largest absolute Gasteiger partial charge is 0.468 e. The van der Waals surface area contributed by atoms with Gasteiger partial charge in [-0.2, -0.15) is 13.2 Å². The lowest BCUT2D eigenvalue weighted by Crippen LogP contribution is -2.40. The number of ether oxygens (including phenoxy) is 1. The molecule has 21 heavy (non-hydrogen) atoms. The number of nitrogens with zero attached hydrogens (tertiary/aromatic N) is 1. The summed E-state index contributed by atoms with van der Waals surface area (Å²) < 4.78 is 40.6. The van der Waals surface area contributed by atoms with Gasteiger partial charge < -0.3 is 15.8 Å². The minimum absolute atomic E-state index is 0.142. The zero-order valence-electron chi connectivity index (χ0n) is 11.6. The maximum atomic E-state index is 12.0. The van der Waals surface area contributed by atoms with E-state index in [0.717, 1.165) is 6.42 Å². The number of carbonyl (C=O) groups excluding carboxylic acids is 1. The van der Waals surface area contributed by atoms with Crippen molar-refractivity contribution in [1.29, 1.82) is 0 Å². The highest BCUT2D eigenvalue weighted by Crippen LogP contribution is 2.17. The Hall–Kier alpha value is -1.83. The lowest BCUT2D eigenvalue weighted by atomic mass is 10.1. The molecule has 1 heterocycles. The summed E-state index contributed by atoms with van der Waals surface area (Å²) in [6.45, 7) is 0.665. The number of aromatic nitrogens is 1. The molecule has 0 aliphatic heterocycles. The number of rotatable bonds is 7. The average molecular weight is 305 g/mol. The molecule has 1 aromatic rings. The van der Waals surface area contributed by atoms with Gasteiger partial charge in [-0.25, -0.2) is 4.98 Å². The Labute approximate surface area is 120 Å². The molecule has 0 aliphatic rings. The molecule has 0 bridgehead atoms. The second-order valence-corrected chi connectivity index (χ2v) is 4.52. The summed E-state index contributed by atoms with van der Waals surface area (Å²) in [5, 5.41) is 2.61. The van der Waals surface area contributed by atoms with Gasteiger partial charge in [-0.15, -0.1) is 0 Å². The monoisotopic (exact) mass is 305 g/mol. The molecule has 0 radical (unpaired) electrons. The van der Waals surface area contributed by atoms with Crippen LogP contribution in [0, 0.1) is 0 Å². The van der Waals surface area contributed by atoms with Gasteiger partial charge in [-0.3, -0.25) is 4.79 Å². The highest BCUT2D eigenvalue weighted by atomic mass is 19.4. The van der Waals surface area contributed by atoms with Crippen molar-refractivity contribution in [2.45, 2.75) is 38.5 Å². The number of hydrogen-bond donors (Lipinski definition) is 2. The first-order valence-electron chi connectivity index (χ1n) is 6.49. The first kappa shape index (κ1) is 17.2. The number of pyridine rings is 1. The number of nitrogens with two attached hydrogens (primary N) is 1. The summed E-state index contributed by atoms with van der Waals surface area (Å²) in [5.41, 5.74) is 6.23. The molecule has 1 aromatic heterocycles. The van der Waals surface area contributed by atoms with Crippen molar-refractivity contribution >= 4 is 5.91 Å². The van der Waals surface area contributed by atoms with Crippen LogP contribution in [0.25, 0.3) is 0 Å². The average Bonchev–Trinajstić information content (AvgIpc) is 2.42. The molecule has 118 valence electrons. The van der Waals surface area contributed by atoms with Gasteiger partial charge in [0, 0.05) is 18.8 Å². The first-order valence-corrected chi connectivity index (χ1v) is 6.49. The van der Waals surface area contributed by atoms with Crippen LogP contribution < -0.4 is 15.8 Å². The van der Waals surface area contributed by atoms with E-state index in [4.69, 9.17) is 5.73 Å². The van der Waals surface area contributed by atoms with Crippen LogP contribution in [0.15, 0.2) is 18.3 Å². The van der Waals surface area contributed by atoms with Crippen LogP contribution in [0.5, 0.6) is 5.88 Å². The molecule has 1 unspecified atom stereocenters. The molecule has 0 spiro atoms. The van der Waals surface area contributed by atoms with Crippen LogP contribution in [-0.2, 0) is 11.3 Å². The topological polar surface area (TPSA) is 77.2 Å². The minimum Gasteiger partial charge on any atom is -0.468 e. The molecule has 0 aromatic carbocycles. The number of alkyl halides is 3. The van der Waals surface area contributed by atoms with Crippen molar-refractivity contribution in [3.8, 4) is 5.88 Å². The molecule has 0 fully saturated rings. The van der Waals surface area contributed by atoms with Crippen molar-refractivity contribution < 1.29 is 22.7 Å². The Morgan fingerprint density at radius 3 is 2.86 bits per heavy atom. The van der Waals surface area contributed by atoms with Crippen LogP contribution in [0.2, 0.25) is 0 Å². The fraction of sp³-hybridized carbons (Fsp3) is 0.538. The summed E-state index contributed by atoms with van der Waals surface area (Å²) in [6.07, 6.45) is -1.74. The highest BCUT2D eigenvalue weighted by molar-refractivity contribution is 5.81. The Morgan fingerprint density at radius 2 is 2.24 bits per heavy atom. The zero-order valence-corrected chi connectivity index (χ0v) is 11.6. The van der Waals surface area contributed by atoms with E-state index in [2.05, 4.69) is 15.0 Å². The van der Waals surface area contributed by atoms with Crippen molar-refractivity contribution in [3.05, 3.63) is 23.9 Å². The van der Waals surface area contributed by atoms with Crippen molar-refractivity contribution in [2.75, 3.05) is 6.61 Å². The molecule has 0 saturated carbocycles. The number of nitrogens with one attached hydrogen (secondary N) is 1. The van der Waals surface area contributed by atoms with E-state index < -0.39 is 18.8 Å². The van der Waals surface area contributed by atoms with Crippen LogP contribution in [-0.4, -0.2) is 29.7 Å². The van der Waals surface area contributed by atoms with Crippen molar-refractivity contribution in [2.24, 2.45) is 5.73 Å². The van der Waals surface area contributed by atoms with Gasteiger partial charge in [0.2, 0.25) is 11.8 Å². The maximum Gasteiger partial charge on any atom is 0.422 e. The van der Waals surface area contributed by atoms with E-state index in [0.29, 0.717) is 12.0 Å². The quantitative estimate of drug-likeness (QED) is 0.805. The fourth-order valence-electron chi connectivity index (χ4n) is 1.56. The van der Waals surface area contributed by atoms with Gasteiger partial charge in [0.15, 0.2) is 6.61 Å². The van der Waals surface area contributed by atoms with E-state index in [-0.39, 0.29) is 18.3 Å². The van der Waals surface area contributed by atoms with Crippen LogP contribution >= 0.6 is 0 Å². The third kappa shape index (κ3) is 6.94. The van der Waals surface area contributed by atoms with Gasteiger partial charge in [-0.05, 0) is 18.1 Å². The van der Waals surface area contributed by atoms with E-state index in [1.807, 2.05) is 6.92 Å². The van der Waals surface area contributed by atoms with E-state index in [9.17, 15) is 18.0 Å². The van der Waals surface area contributed by atoms with E-state index >= 15 is 0 Å². The minimum atomic E-state index is -4.42. The number of hydrogen-bond acceptors (Lipinski definition) is 4. The van der Waals surface area contributed by atoms with E-state index in [1.165, 1.54) is 12.3 Å². The molecule has 3 N–H and O–H groups in total. The summed E-state index contributed by atoms with van der Waals surface area (Å²) >= 11 is 0. The summed E-state index contributed by atoms with van der Waals surface area (Å²) in [7, 11) is 0. The van der Waals surface area contributed by atoms with E-state index in [1.54, 1.807) is 6.07 Å². The Balaban J connectivity index is 2.51. The molecular formula is C13H18F3N3O2. The first-order chi connectivity index (χ1) is 9.81. The number of halogens is 3. The van der Waals surface area contributed by atoms with Gasteiger partial charge >= 0.3 is 6.18 Å². The van der Waals surface area contributed by atoms with Gasteiger partial charge in [0.1, 0.15) is 0 Å². The molecular weight excluding hydrogens is 287 g/mol. The summed E-state index contributed by atoms with van der Waals surface area (Å²) in [4.78, 5) is 15.3. The second-order valence-electron chi connectivity index (χ2n) is 4.52. The van der Waals surface area contributed by atoms with Crippen molar-refractivity contribution in [1.82, 2.24) is 10.3 Å². The molecule has 0 aliphatic carbocycles. The Kier molecular flexibility index (Phi) is 6.41. The van der Waals surface area contributed by atoms with Crippen molar-refractivity contribution in [3.63, 3.8) is 0 Å². The summed E-state index contributed by atoms with van der Waals surface area (Å²) in [6, 6.07) is 2.33. The zero-order chi connectivity index (χ0) is 15.9. The van der Waals surface area contributed by atoms with Crippen LogP contribution in [0.1, 0.15) is 25.3 Å². The van der Waals surface area contributed by atoms with Crippen LogP contribution in [0.4, 0.5) is 13.2 Å². The third-order valence-corrected chi connectivity index (χ3v) is 2.59. The number of amides is 1. The number of carbonyl (C=O) groups is 1. The molecule has 0 saturated heterocycles. The molecule has 1 rings (SSSR count). The smallest absolute Gasteiger partial charge is 0.422 e. The molecule has 5 nitrogen and oxygen atoms in total. The molecule has 8 heteroatoms. The van der Waals surface area contributed by atoms with Gasteiger partial charge in [-0.1, -0.05) is 13.3 Å². The predicted molar refractivity (Wildman–Crippen MR) is 70.5 cm³/mol. The predicted octanol–water partition coefficient (Wildman–Crippen LogP) is 1.77. The second kappa shape index (κ2) is 7.82. The highest BCUT2D eigenvalue weighted by Gasteiger charge is 2.28.